The van der Waals surface area contributed by atoms with E-state index < -0.39 is 0 Å². The molecular formula is C14H22ClNO4. The predicted molar refractivity (Wildman–Crippen MR) is 78.4 cm³/mol. The zero-order valence-corrected chi connectivity index (χ0v) is 12.5. The first-order chi connectivity index (χ1) is 9.79. The van der Waals surface area contributed by atoms with E-state index in [0.29, 0.717) is 43.7 Å². The van der Waals surface area contributed by atoms with Crippen molar-refractivity contribution in [1.29, 1.82) is 0 Å². The predicted octanol–water partition coefficient (Wildman–Crippen LogP) is 1.46. The van der Waals surface area contributed by atoms with E-state index in [2.05, 4.69) is 5.32 Å². The first-order valence-electron chi connectivity index (χ1n) is 6.58. The Morgan fingerprint density at radius 3 is 2.80 bits per heavy atom. The molecule has 0 aliphatic rings. The largest absolute Gasteiger partial charge is 0.489 e. The van der Waals surface area contributed by atoms with E-state index in [4.69, 9.17) is 30.9 Å². The van der Waals surface area contributed by atoms with Crippen LogP contribution in [-0.2, 0) is 16.0 Å². The lowest BCUT2D eigenvalue weighted by molar-refractivity contribution is 0.0703. The standard InChI is InChI=1S/C14H22ClNO4/c1-18-7-5-16-11-12-3-2-4-13(15)14(12)20-10-9-19-8-6-17/h2-4,16-17H,5-11H2,1H3. The van der Waals surface area contributed by atoms with Crippen LogP contribution in [-0.4, -0.2) is 51.8 Å². The van der Waals surface area contributed by atoms with Crippen LogP contribution >= 0.6 is 11.6 Å². The molecule has 1 aromatic carbocycles. The Labute approximate surface area is 124 Å². The van der Waals surface area contributed by atoms with Crippen LogP contribution in [0.1, 0.15) is 5.56 Å². The summed E-state index contributed by atoms with van der Waals surface area (Å²) in [6.07, 6.45) is 0. The minimum absolute atomic E-state index is 0.0146. The quantitative estimate of drug-likeness (QED) is 0.606. The minimum Gasteiger partial charge on any atom is -0.489 e. The first kappa shape index (κ1) is 17.2. The van der Waals surface area contributed by atoms with E-state index in [-0.39, 0.29) is 6.61 Å². The number of nitrogens with one attached hydrogen (secondary N) is 1. The fraction of sp³-hybridized carbons (Fsp3) is 0.571. The Morgan fingerprint density at radius 2 is 2.05 bits per heavy atom. The maximum Gasteiger partial charge on any atom is 0.142 e. The highest BCUT2D eigenvalue weighted by Crippen LogP contribution is 2.28. The summed E-state index contributed by atoms with van der Waals surface area (Å²) in [6.45, 7) is 3.24. The average molecular weight is 304 g/mol. The first-order valence-corrected chi connectivity index (χ1v) is 6.95. The molecule has 0 aliphatic heterocycles. The van der Waals surface area contributed by atoms with Gasteiger partial charge in [0.1, 0.15) is 12.4 Å². The van der Waals surface area contributed by atoms with Gasteiger partial charge in [-0.1, -0.05) is 23.7 Å². The molecule has 0 aliphatic carbocycles. The minimum atomic E-state index is 0.0146. The van der Waals surface area contributed by atoms with Crippen molar-refractivity contribution in [3.05, 3.63) is 28.8 Å². The number of ether oxygens (including phenoxy) is 3. The van der Waals surface area contributed by atoms with Crippen LogP contribution in [0.3, 0.4) is 0 Å². The molecule has 0 fully saturated rings. The van der Waals surface area contributed by atoms with Crippen LogP contribution in [0.25, 0.3) is 0 Å². The maximum absolute atomic E-state index is 8.61. The van der Waals surface area contributed by atoms with Gasteiger partial charge in [-0.2, -0.15) is 0 Å². The molecule has 0 amide bonds. The zero-order valence-electron chi connectivity index (χ0n) is 11.7. The van der Waals surface area contributed by atoms with E-state index >= 15 is 0 Å². The van der Waals surface area contributed by atoms with E-state index in [1.807, 2.05) is 12.1 Å². The topological polar surface area (TPSA) is 60.0 Å². The normalized spacial score (nSPS) is 10.8. The van der Waals surface area contributed by atoms with Crippen molar-refractivity contribution < 1.29 is 19.3 Å². The lowest BCUT2D eigenvalue weighted by Crippen LogP contribution is -2.19. The Morgan fingerprint density at radius 1 is 1.20 bits per heavy atom. The number of hydrogen-bond donors (Lipinski definition) is 2. The number of aliphatic hydroxyl groups is 1. The van der Waals surface area contributed by atoms with E-state index in [9.17, 15) is 0 Å². The molecule has 0 spiro atoms. The average Bonchev–Trinajstić information content (AvgIpc) is 2.45. The van der Waals surface area contributed by atoms with Gasteiger partial charge in [0.2, 0.25) is 0 Å². The zero-order chi connectivity index (χ0) is 14.6. The fourth-order valence-corrected chi connectivity index (χ4v) is 1.87. The molecule has 0 unspecified atom stereocenters. The van der Waals surface area contributed by atoms with E-state index in [1.165, 1.54) is 0 Å². The molecule has 6 heteroatoms. The molecule has 0 radical (unpaired) electrons. The molecule has 114 valence electrons. The van der Waals surface area contributed by atoms with Crippen molar-refractivity contribution in [2.45, 2.75) is 6.54 Å². The smallest absolute Gasteiger partial charge is 0.142 e. The summed E-state index contributed by atoms with van der Waals surface area (Å²) >= 11 is 6.15. The Hall–Kier alpha value is -0.850. The number of para-hydroxylation sites is 1. The molecule has 0 heterocycles. The highest BCUT2D eigenvalue weighted by atomic mass is 35.5. The second-order valence-corrected chi connectivity index (χ2v) is 4.49. The highest BCUT2D eigenvalue weighted by Gasteiger charge is 2.08. The lowest BCUT2D eigenvalue weighted by atomic mass is 10.2. The number of benzene rings is 1. The Kier molecular flexibility index (Phi) is 9.36. The summed E-state index contributed by atoms with van der Waals surface area (Å²) in [5, 5.41) is 12.4. The van der Waals surface area contributed by atoms with Gasteiger partial charge in [0.05, 0.1) is 31.5 Å². The van der Waals surface area contributed by atoms with Crippen LogP contribution in [0.15, 0.2) is 18.2 Å². The molecule has 1 aromatic rings. The van der Waals surface area contributed by atoms with Crippen LogP contribution < -0.4 is 10.1 Å². The van der Waals surface area contributed by atoms with Gasteiger partial charge >= 0.3 is 0 Å². The van der Waals surface area contributed by atoms with Crippen molar-refractivity contribution in [2.75, 3.05) is 46.7 Å². The third kappa shape index (κ3) is 6.54. The van der Waals surface area contributed by atoms with Crippen molar-refractivity contribution in [3.8, 4) is 5.75 Å². The summed E-state index contributed by atoms with van der Waals surface area (Å²) in [5.74, 6) is 0.673. The van der Waals surface area contributed by atoms with Gasteiger partial charge in [-0.25, -0.2) is 0 Å². The molecule has 0 bridgehead atoms. The summed E-state index contributed by atoms with van der Waals surface area (Å²) < 4.78 is 15.8. The van der Waals surface area contributed by atoms with Crippen molar-refractivity contribution in [3.63, 3.8) is 0 Å². The lowest BCUT2D eigenvalue weighted by Gasteiger charge is -2.14. The molecule has 0 saturated carbocycles. The van der Waals surface area contributed by atoms with Crippen LogP contribution in [0.5, 0.6) is 5.75 Å². The van der Waals surface area contributed by atoms with Crippen LogP contribution in [0.4, 0.5) is 0 Å². The number of aliphatic hydroxyl groups excluding tert-OH is 1. The van der Waals surface area contributed by atoms with Gasteiger partial charge in [0.15, 0.2) is 0 Å². The molecule has 0 saturated heterocycles. The van der Waals surface area contributed by atoms with Gasteiger partial charge in [-0.3, -0.25) is 0 Å². The molecule has 0 aromatic heterocycles. The second kappa shape index (κ2) is 10.9. The van der Waals surface area contributed by atoms with Crippen LogP contribution in [0, 0.1) is 0 Å². The Bertz CT molecular complexity index is 376. The number of methoxy groups -OCH3 is 1. The third-order valence-electron chi connectivity index (χ3n) is 2.56. The molecule has 0 atom stereocenters. The molecule has 5 nitrogen and oxygen atoms in total. The third-order valence-corrected chi connectivity index (χ3v) is 2.85. The van der Waals surface area contributed by atoms with E-state index in [1.54, 1.807) is 13.2 Å². The monoisotopic (exact) mass is 303 g/mol. The van der Waals surface area contributed by atoms with Gasteiger partial charge < -0.3 is 24.6 Å². The summed E-state index contributed by atoms with van der Waals surface area (Å²) in [6, 6.07) is 5.66. The molecular weight excluding hydrogens is 282 g/mol. The second-order valence-electron chi connectivity index (χ2n) is 4.08. The van der Waals surface area contributed by atoms with Crippen molar-refractivity contribution in [1.82, 2.24) is 5.32 Å². The van der Waals surface area contributed by atoms with Crippen molar-refractivity contribution in [2.24, 2.45) is 0 Å². The molecule has 2 N–H and O–H groups in total. The molecule has 20 heavy (non-hydrogen) atoms. The van der Waals surface area contributed by atoms with Gasteiger partial charge in [-0.15, -0.1) is 0 Å². The van der Waals surface area contributed by atoms with Crippen molar-refractivity contribution >= 4 is 11.6 Å². The van der Waals surface area contributed by atoms with Gasteiger partial charge in [0, 0.05) is 25.8 Å². The van der Waals surface area contributed by atoms with E-state index in [0.717, 1.165) is 12.1 Å². The van der Waals surface area contributed by atoms with Crippen LogP contribution in [0.2, 0.25) is 5.02 Å². The fourth-order valence-electron chi connectivity index (χ4n) is 1.62. The Balaban J connectivity index is 2.45. The number of halogens is 1. The van der Waals surface area contributed by atoms with Gasteiger partial charge in [-0.05, 0) is 6.07 Å². The SMILES string of the molecule is COCCNCc1cccc(Cl)c1OCCOCCO. The summed E-state index contributed by atoms with van der Waals surface area (Å²) in [5.41, 5.74) is 0.996. The molecule has 1 rings (SSSR count). The highest BCUT2D eigenvalue weighted by molar-refractivity contribution is 6.32. The number of hydrogen-bond acceptors (Lipinski definition) is 5. The summed E-state index contributed by atoms with van der Waals surface area (Å²) in [7, 11) is 1.67. The summed E-state index contributed by atoms with van der Waals surface area (Å²) in [4.78, 5) is 0. The van der Waals surface area contributed by atoms with Gasteiger partial charge in [0.25, 0.3) is 0 Å². The maximum atomic E-state index is 8.61. The number of rotatable bonds is 11.